The topological polar surface area (TPSA) is 84.6 Å². The largest absolute Gasteiger partial charge is 0.278 e. The SMILES string of the molecule is CC(C)(C)c1ccc([C@H]2C[C@@H]2C(=O)N/N=C\c2ccccc2[N+](=O)[O-])cc1. The van der Waals surface area contributed by atoms with E-state index in [1.165, 1.54) is 17.8 Å². The van der Waals surface area contributed by atoms with Crippen LogP contribution in [-0.4, -0.2) is 17.0 Å². The van der Waals surface area contributed by atoms with Crippen LogP contribution >= 0.6 is 0 Å². The van der Waals surface area contributed by atoms with E-state index in [9.17, 15) is 14.9 Å². The second-order valence-corrected chi connectivity index (χ2v) is 7.87. The van der Waals surface area contributed by atoms with Gasteiger partial charge in [-0.1, -0.05) is 57.2 Å². The third-order valence-corrected chi connectivity index (χ3v) is 4.84. The van der Waals surface area contributed by atoms with Gasteiger partial charge < -0.3 is 0 Å². The molecule has 1 fully saturated rings. The Kier molecular flexibility index (Phi) is 5.08. The van der Waals surface area contributed by atoms with Crippen LogP contribution in [0.5, 0.6) is 0 Å². The predicted molar refractivity (Wildman–Crippen MR) is 105 cm³/mol. The average Bonchev–Trinajstić information content (AvgIpc) is 3.42. The lowest BCUT2D eigenvalue weighted by atomic mass is 9.86. The van der Waals surface area contributed by atoms with Crippen molar-refractivity contribution in [2.75, 3.05) is 0 Å². The Bertz CT molecular complexity index is 882. The van der Waals surface area contributed by atoms with Crippen LogP contribution in [0.1, 0.15) is 49.8 Å². The number of amides is 1. The van der Waals surface area contributed by atoms with Crippen LogP contribution in [0.25, 0.3) is 0 Å². The number of nitro benzene ring substituents is 1. The van der Waals surface area contributed by atoms with E-state index < -0.39 is 4.92 Å². The van der Waals surface area contributed by atoms with E-state index in [4.69, 9.17) is 0 Å². The summed E-state index contributed by atoms with van der Waals surface area (Å²) in [5.41, 5.74) is 5.34. The molecule has 0 spiro atoms. The average molecular weight is 365 g/mol. The third-order valence-electron chi connectivity index (χ3n) is 4.84. The second-order valence-electron chi connectivity index (χ2n) is 7.87. The fourth-order valence-corrected chi connectivity index (χ4v) is 3.09. The normalized spacial score (nSPS) is 19.1. The first-order chi connectivity index (χ1) is 12.8. The minimum atomic E-state index is -0.471. The van der Waals surface area contributed by atoms with E-state index in [0.29, 0.717) is 5.56 Å². The van der Waals surface area contributed by atoms with Gasteiger partial charge in [0.1, 0.15) is 0 Å². The molecule has 1 amide bonds. The summed E-state index contributed by atoms with van der Waals surface area (Å²) >= 11 is 0. The van der Waals surface area contributed by atoms with Gasteiger partial charge >= 0.3 is 0 Å². The summed E-state index contributed by atoms with van der Waals surface area (Å²) in [6, 6.07) is 14.7. The molecule has 2 aromatic carbocycles. The van der Waals surface area contributed by atoms with Crippen molar-refractivity contribution in [2.45, 2.75) is 38.5 Å². The first-order valence-electron chi connectivity index (χ1n) is 8.94. The van der Waals surface area contributed by atoms with Crippen LogP contribution in [0, 0.1) is 16.0 Å². The molecule has 0 aromatic heterocycles. The van der Waals surface area contributed by atoms with Gasteiger partial charge in [0.05, 0.1) is 16.7 Å². The molecule has 1 N–H and O–H groups in total. The Labute approximate surface area is 158 Å². The molecule has 3 rings (SSSR count). The number of nitro groups is 1. The molecular formula is C21H23N3O3. The quantitative estimate of drug-likeness (QED) is 0.491. The van der Waals surface area contributed by atoms with Crippen molar-refractivity contribution in [1.82, 2.24) is 5.43 Å². The van der Waals surface area contributed by atoms with Crippen LogP contribution in [0.2, 0.25) is 0 Å². The zero-order valence-electron chi connectivity index (χ0n) is 15.7. The van der Waals surface area contributed by atoms with Crippen LogP contribution in [0.3, 0.4) is 0 Å². The Morgan fingerprint density at radius 3 is 2.48 bits per heavy atom. The lowest BCUT2D eigenvalue weighted by Gasteiger charge is -2.19. The number of nitrogens with one attached hydrogen (secondary N) is 1. The molecule has 0 bridgehead atoms. The van der Waals surface area contributed by atoms with Crippen LogP contribution in [0.4, 0.5) is 5.69 Å². The zero-order chi connectivity index (χ0) is 19.6. The highest BCUT2D eigenvalue weighted by Crippen LogP contribution is 2.47. The number of hydrazone groups is 1. The minimum Gasteiger partial charge on any atom is -0.273 e. The fourth-order valence-electron chi connectivity index (χ4n) is 3.09. The van der Waals surface area contributed by atoms with Gasteiger partial charge in [-0.05, 0) is 34.9 Å². The number of rotatable bonds is 5. The summed E-state index contributed by atoms with van der Waals surface area (Å²) in [6.07, 6.45) is 2.10. The van der Waals surface area contributed by atoms with E-state index >= 15 is 0 Å². The molecule has 0 unspecified atom stereocenters. The van der Waals surface area contributed by atoms with Crippen molar-refractivity contribution in [3.05, 3.63) is 75.3 Å². The van der Waals surface area contributed by atoms with Gasteiger partial charge in [-0.25, -0.2) is 5.43 Å². The highest BCUT2D eigenvalue weighted by atomic mass is 16.6. The number of nitrogens with zero attached hydrogens (tertiary/aromatic N) is 2. The number of hydrogen-bond acceptors (Lipinski definition) is 4. The first-order valence-corrected chi connectivity index (χ1v) is 8.94. The summed E-state index contributed by atoms with van der Waals surface area (Å²) in [5.74, 6) is -0.0524. The van der Waals surface area contributed by atoms with Gasteiger partial charge in [-0.3, -0.25) is 14.9 Å². The Morgan fingerprint density at radius 2 is 1.85 bits per heavy atom. The van der Waals surface area contributed by atoms with Gasteiger partial charge in [-0.15, -0.1) is 0 Å². The predicted octanol–water partition coefficient (Wildman–Crippen LogP) is 4.15. The summed E-state index contributed by atoms with van der Waals surface area (Å²) < 4.78 is 0. The maximum absolute atomic E-state index is 12.3. The molecule has 27 heavy (non-hydrogen) atoms. The van der Waals surface area contributed by atoms with Crippen molar-refractivity contribution < 1.29 is 9.72 Å². The first kappa shape index (κ1) is 18.8. The van der Waals surface area contributed by atoms with Crippen molar-refractivity contribution >= 4 is 17.8 Å². The van der Waals surface area contributed by atoms with Crippen molar-refractivity contribution in [1.29, 1.82) is 0 Å². The van der Waals surface area contributed by atoms with Gasteiger partial charge in [0, 0.05) is 12.0 Å². The molecule has 0 radical (unpaired) electrons. The smallest absolute Gasteiger partial charge is 0.273 e. The van der Waals surface area contributed by atoms with Crippen LogP contribution < -0.4 is 5.43 Å². The van der Waals surface area contributed by atoms with Crippen LogP contribution in [0.15, 0.2) is 53.6 Å². The highest BCUT2D eigenvalue weighted by molar-refractivity contribution is 5.88. The van der Waals surface area contributed by atoms with E-state index in [0.717, 1.165) is 12.0 Å². The standard InChI is InChI=1S/C21H23N3O3/c1-21(2,3)16-10-8-14(9-11-16)17-12-18(17)20(25)23-22-13-15-6-4-5-7-19(15)24(26)27/h4-11,13,17-18H,12H2,1-3H3,(H,23,25)/b22-13-/t17-,18+/m1/s1. The zero-order valence-corrected chi connectivity index (χ0v) is 15.7. The molecule has 2 atom stereocenters. The molecular weight excluding hydrogens is 342 g/mol. The van der Waals surface area contributed by atoms with Gasteiger partial charge in [0.15, 0.2) is 0 Å². The summed E-state index contributed by atoms with van der Waals surface area (Å²) in [7, 11) is 0. The highest BCUT2D eigenvalue weighted by Gasteiger charge is 2.44. The summed E-state index contributed by atoms with van der Waals surface area (Å²) in [4.78, 5) is 22.8. The molecule has 1 aliphatic rings. The Balaban J connectivity index is 1.59. The molecule has 0 saturated heterocycles. The number of carbonyl (C=O) groups is 1. The molecule has 6 nitrogen and oxygen atoms in total. The summed E-state index contributed by atoms with van der Waals surface area (Å²) in [6.45, 7) is 6.51. The third kappa shape index (κ3) is 4.39. The number of hydrogen-bond donors (Lipinski definition) is 1. The number of benzene rings is 2. The molecule has 1 saturated carbocycles. The molecule has 0 aliphatic heterocycles. The van der Waals surface area contributed by atoms with Gasteiger partial charge in [0.25, 0.3) is 5.69 Å². The van der Waals surface area contributed by atoms with Crippen molar-refractivity contribution in [3.63, 3.8) is 0 Å². The molecule has 0 heterocycles. The lowest BCUT2D eigenvalue weighted by Crippen LogP contribution is -2.20. The maximum atomic E-state index is 12.3. The van der Waals surface area contributed by atoms with Crippen molar-refractivity contribution in [3.8, 4) is 0 Å². The van der Waals surface area contributed by atoms with Crippen LogP contribution in [-0.2, 0) is 10.2 Å². The van der Waals surface area contributed by atoms with E-state index in [1.54, 1.807) is 18.2 Å². The number of carbonyl (C=O) groups excluding carboxylic acids is 1. The molecule has 2 aromatic rings. The fraction of sp³-hybridized carbons (Fsp3) is 0.333. The maximum Gasteiger partial charge on any atom is 0.278 e. The second kappa shape index (κ2) is 7.31. The van der Waals surface area contributed by atoms with E-state index in [-0.39, 0.29) is 28.8 Å². The lowest BCUT2D eigenvalue weighted by molar-refractivity contribution is -0.385. The van der Waals surface area contributed by atoms with Gasteiger partial charge in [-0.2, -0.15) is 5.10 Å². The number of para-hydroxylation sites is 1. The van der Waals surface area contributed by atoms with Crippen molar-refractivity contribution in [2.24, 2.45) is 11.0 Å². The van der Waals surface area contributed by atoms with Gasteiger partial charge in [0.2, 0.25) is 5.91 Å². The van der Waals surface area contributed by atoms with E-state index in [1.807, 2.05) is 0 Å². The molecule has 1 aliphatic carbocycles. The summed E-state index contributed by atoms with van der Waals surface area (Å²) in [5, 5.41) is 14.9. The Morgan fingerprint density at radius 1 is 1.19 bits per heavy atom. The molecule has 6 heteroatoms. The minimum absolute atomic E-state index is 0.0428. The Hall–Kier alpha value is -3.02. The monoisotopic (exact) mass is 365 g/mol. The molecule has 140 valence electrons. The van der Waals surface area contributed by atoms with E-state index in [2.05, 4.69) is 55.6 Å².